The lowest BCUT2D eigenvalue weighted by Gasteiger charge is -2.34. The van der Waals surface area contributed by atoms with E-state index in [1.165, 1.54) is 12.5 Å². The number of alkyl halides is 2. The van der Waals surface area contributed by atoms with Crippen LogP contribution in [0, 0.1) is 0 Å². The summed E-state index contributed by atoms with van der Waals surface area (Å²) in [7, 11) is 0. The Kier molecular flexibility index (Phi) is 3.26. The number of aromatic nitrogens is 2. The van der Waals surface area contributed by atoms with Crippen molar-refractivity contribution in [3.8, 4) is 0 Å². The summed E-state index contributed by atoms with van der Waals surface area (Å²) in [6, 6.07) is 0. The minimum Gasteiger partial charge on any atom is -0.444 e. The summed E-state index contributed by atoms with van der Waals surface area (Å²) in [6.07, 6.45) is 1.72. The fourth-order valence-corrected chi connectivity index (χ4v) is 2.43. The Morgan fingerprint density at radius 3 is 2.65 bits per heavy atom. The highest BCUT2D eigenvalue weighted by atomic mass is 19.3. The van der Waals surface area contributed by atoms with Gasteiger partial charge in [-0.3, -0.25) is 4.90 Å². The maximum atomic E-state index is 13.8. The van der Waals surface area contributed by atoms with E-state index in [-0.39, 0.29) is 0 Å². The number of nitrogens with zero attached hydrogens (tertiary/aromatic N) is 2. The van der Waals surface area contributed by atoms with Crippen molar-refractivity contribution < 1.29 is 18.3 Å². The van der Waals surface area contributed by atoms with Gasteiger partial charge in [-0.25, -0.2) is 18.6 Å². The molecule has 0 bridgehead atoms. The van der Waals surface area contributed by atoms with E-state index in [4.69, 9.17) is 4.74 Å². The Morgan fingerprint density at radius 2 is 2.15 bits per heavy atom. The Morgan fingerprint density at radius 1 is 1.50 bits per heavy atom. The summed E-state index contributed by atoms with van der Waals surface area (Å²) in [6.45, 7) is 6.01. The summed E-state index contributed by atoms with van der Waals surface area (Å²) in [5.74, 6) is -2.95. The van der Waals surface area contributed by atoms with Crippen LogP contribution >= 0.6 is 0 Å². The van der Waals surface area contributed by atoms with Crippen LogP contribution in [-0.4, -0.2) is 39.0 Å². The van der Waals surface area contributed by atoms with Crippen LogP contribution in [0.4, 0.5) is 13.6 Å². The molecular formula is C13H19F2N3O2. The molecule has 0 radical (unpaired) electrons. The van der Waals surface area contributed by atoms with E-state index in [9.17, 15) is 13.6 Å². The summed E-state index contributed by atoms with van der Waals surface area (Å²) in [5, 5.41) is 0. The molecule has 1 N–H and O–H groups in total. The van der Waals surface area contributed by atoms with Crippen LogP contribution in [0.3, 0.4) is 0 Å². The summed E-state index contributed by atoms with van der Waals surface area (Å²) in [5.41, 5.74) is -1.51. The van der Waals surface area contributed by atoms with E-state index in [0.717, 1.165) is 4.90 Å². The summed E-state index contributed by atoms with van der Waals surface area (Å²) in [4.78, 5) is 20.0. The van der Waals surface area contributed by atoms with E-state index in [1.807, 2.05) is 0 Å². The van der Waals surface area contributed by atoms with Gasteiger partial charge in [-0.1, -0.05) is 0 Å². The van der Waals surface area contributed by atoms with Crippen molar-refractivity contribution in [2.24, 2.45) is 0 Å². The molecule has 0 aliphatic carbocycles. The van der Waals surface area contributed by atoms with Crippen LogP contribution in [-0.2, 0) is 10.3 Å². The molecule has 1 aliphatic heterocycles. The van der Waals surface area contributed by atoms with Crippen molar-refractivity contribution in [3.63, 3.8) is 0 Å². The predicted molar refractivity (Wildman–Crippen MR) is 68.4 cm³/mol. The largest absolute Gasteiger partial charge is 0.444 e. The molecule has 1 unspecified atom stereocenters. The second-order valence-corrected chi connectivity index (χ2v) is 6.33. The maximum Gasteiger partial charge on any atom is 0.411 e. The van der Waals surface area contributed by atoms with Gasteiger partial charge in [-0.2, -0.15) is 0 Å². The SMILES string of the molecule is CC(C)(C)OC(=O)N1CC(F)(F)CC1(C)c1c[nH]cn1. The number of carbonyl (C=O) groups is 1. The van der Waals surface area contributed by atoms with E-state index in [2.05, 4.69) is 9.97 Å². The van der Waals surface area contributed by atoms with E-state index < -0.39 is 36.1 Å². The van der Waals surface area contributed by atoms with Gasteiger partial charge in [0, 0.05) is 12.6 Å². The molecule has 1 fully saturated rings. The van der Waals surface area contributed by atoms with E-state index >= 15 is 0 Å². The monoisotopic (exact) mass is 287 g/mol. The van der Waals surface area contributed by atoms with Gasteiger partial charge in [-0.05, 0) is 27.7 Å². The number of H-pyrrole nitrogens is 1. The third-order valence-corrected chi connectivity index (χ3v) is 3.25. The normalized spacial score (nSPS) is 25.8. The van der Waals surface area contributed by atoms with Crippen LogP contribution in [0.15, 0.2) is 12.5 Å². The van der Waals surface area contributed by atoms with Gasteiger partial charge in [0.1, 0.15) is 5.60 Å². The van der Waals surface area contributed by atoms with Gasteiger partial charge in [0.15, 0.2) is 0 Å². The zero-order chi connectivity index (χ0) is 15.2. The third-order valence-electron chi connectivity index (χ3n) is 3.25. The lowest BCUT2D eigenvalue weighted by molar-refractivity contribution is -0.00413. The topological polar surface area (TPSA) is 58.2 Å². The molecule has 1 saturated heterocycles. The van der Waals surface area contributed by atoms with Crippen LogP contribution in [0.25, 0.3) is 0 Å². The van der Waals surface area contributed by atoms with Gasteiger partial charge < -0.3 is 9.72 Å². The van der Waals surface area contributed by atoms with Crippen molar-refractivity contribution in [2.75, 3.05) is 6.54 Å². The number of ether oxygens (including phenoxy) is 1. The van der Waals surface area contributed by atoms with Crippen molar-refractivity contribution >= 4 is 6.09 Å². The van der Waals surface area contributed by atoms with Crippen LogP contribution < -0.4 is 0 Å². The van der Waals surface area contributed by atoms with Gasteiger partial charge >= 0.3 is 6.09 Å². The highest BCUT2D eigenvalue weighted by Gasteiger charge is 2.56. The second-order valence-electron chi connectivity index (χ2n) is 6.33. The summed E-state index contributed by atoms with van der Waals surface area (Å²) >= 11 is 0. The molecule has 2 rings (SSSR count). The summed E-state index contributed by atoms with van der Waals surface area (Å²) < 4.78 is 32.8. The Balaban J connectivity index is 2.32. The number of carbonyl (C=O) groups excluding carboxylic acids is 1. The van der Waals surface area contributed by atoms with Gasteiger partial charge in [0.2, 0.25) is 0 Å². The molecule has 7 heteroatoms. The number of imidazole rings is 1. The highest BCUT2D eigenvalue weighted by Crippen LogP contribution is 2.45. The molecule has 1 amide bonds. The first kappa shape index (κ1) is 14.7. The number of halogens is 2. The average molecular weight is 287 g/mol. The second kappa shape index (κ2) is 4.43. The van der Waals surface area contributed by atoms with E-state index in [0.29, 0.717) is 5.69 Å². The van der Waals surface area contributed by atoms with Crippen molar-refractivity contribution in [2.45, 2.75) is 51.2 Å². The van der Waals surface area contributed by atoms with Crippen LogP contribution in [0.1, 0.15) is 39.8 Å². The molecule has 0 spiro atoms. The van der Waals surface area contributed by atoms with Crippen molar-refractivity contribution in [1.29, 1.82) is 0 Å². The molecule has 2 heterocycles. The first-order valence-electron chi connectivity index (χ1n) is 6.41. The van der Waals surface area contributed by atoms with Gasteiger partial charge in [-0.15, -0.1) is 0 Å². The fraction of sp³-hybridized carbons (Fsp3) is 0.692. The molecule has 0 saturated carbocycles. The molecule has 1 aromatic rings. The first-order chi connectivity index (χ1) is 9.04. The number of aromatic amines is 1. The molecule has 1 aromatic heterocycles. The Bertz CT molecular complexity index is 496. The number of nitrogens with one attached hydrogen (secondary N) is 1. The van der Waals surface area contributed by atoms with Crippen LogP contribution in [0.5, 0.6) is 0 Å². The molecule has 0 aromatic carbocycles. The number of amides is 1. The number of rotatable bonds is 1. The van der Waals surface area contributed by atoms with E-state index in [1.54, 1.807) is 27.7 Å². The number of likely N-dealkylation sites (tertiary alicyclic amines) is 1. The minimum atomic E-state index is -2.95. The zero-order valence-electron chi connectivity index (χ0n) is 12.0. The lowest BCUT2D eigenvalue weighted by Crippen LogP contribution is -2.45. The smallest absolute Gasteiger partial charge is 0.411 e. The molecular weight excluding hydrogens is 268 g/mol. The number of hydrogen-bond donors (Lipinski definition) is 1. The molecule has 5 nitrogen and oxygen atoms in total. The van der Waals surface area contributed by atoms with Crippen molar-refractivity contribution in [3.05, 3.63) is 18.2 Å². The minimum absolute atomic E-state index is 0.403. The number of hydrogen-bond acceptors (Lipinski definition) is 3. The zero-order valence-corrected chi connectivity index (χ0v) is 12.0. The Labute approximate surface area is 116 Å². The van der Waals surface area contributed by atoms with Gasteiger partial charge in [0.05, 0.1) is 24.1 Å². The molecule has 1 atom stereocenters. The maximum absolute atomic E-state index is 13.8. The molecule has 20 heavy (non-hydrogen) atoms. The lowest BCUT2D eigenvalue weighted by atomic mass is 9.94. The molecule has 1 aliphatic rings. The quantitative estimate of drug-likeness (QED) is 0.864. The highest BCUT2D eigenvalue weighted by molar-refractivity contribution is 5.70. The standard InChI is InChI=1S/C13H19F2N3O2/c1-11(2,3)20-10(19)18-7-13(14,15)6-12(18,4)9-5-16-8-17-9/h5,8H,6-7H2,1-4H3,(H,16,17). The van der Waals surface area contributed by atoms with Crippen molar-refractivity contribution in [1.82, 2.24) is 14.9 Å². The molecule has 112 valence electrons. The first-order valence-corrected chi connectivity index (χ1v) is 6.41. The predicted octanol–water partition coefficient (Wildman–Crippen LogP) is 2.90. The third kappa shape index (κ3) is 2.76. The fourth-order valence-electron chi connectivity index (χ4n) is 2.43. The van der Waals surface area contributed by atoms with Gasteiger partial charge in [0.25, 0.3) is 5.92 Å². The Hall–Kier alpha value is -1.66. The average Bonchev–Trinajstić information content (AvgIpc) is 2.82. The van der Waals surface area contributed by atoms with Crippen LogP contribution in [0.2, 0.25) is 0 Å².